The fourth-order valence-electron chi connectivity index (χ4n) is 3.47. The number of methoxy groups -OCH3 is 2. The van der Waals surface area contributed by atoms with Crippen LogP contribution in [0.5, 0.6) is 11.5 Å². The molecule has 0 radical (unpaired) electrons. The highest BCUT2D eigenvalue weighted by Gasteiger charge is 2.55. The maximum Gasteiger partial charge on any atom is 0.263 e. The van der Waals surface area contributed by atoms with Crippen LogP contribution in [0.3, 0.4) is 0 Å². The normalized spacial score (nSPS) is 19.6. The molecule has 0 aliphatic carbocycles. The van der Waals surface area contributed by atoms with Gasteiger partial charge in [-0.1, -0.05) is 17.4 Å². The van der Waals surface area contributed by atoms with Crippen LogP contribution in [0, 0.1) is 5.82 Å². The number of carbonyl (C=O) groups is 3. The average Bonchev–Trinajstić information content (AvgIpc) is 3.28. The number of benzene rings is 2. The first-order chi connectivity index (χ1) is 14.9. The van der Waals surface area contributed by atoms with Crippen LogP contribution in [-0.2, 0) is 14.4 Å². The van der Waals surface area contributed by atoms with Crippen molar-refractivity contribution in [3.63, 3.8) is 0 Å². The molecule has 4 rings (SSSR count). The Kier molecular flexibility index (Phi) is 5.24. The summed E-state index contributed by atoms with van der Waals surface area (Å²) in [5.41, 5.74) is 0.286. The van der Waals surface area contributed by atoms with E-state index in [1.54, 1.807) is 18.2 Å². The van der Waals surface area contributed by atoms with Crippen LogP contribution in [-0.4, -0.2) is 55.6 Å². The predicted molar refractivity (Wildman–Crippen MR) is 106 cm³/mol. The molecular formula is C20H18FN5O5. The predicted octanol–water partition coefficient (Wildman–Crippen LogP) is 1.77. The van der Waals surface area contributed by atoms with E-state index >= 15 is 0 Å². The minimum atomic E-state index is -1.07. The van der Waals surface area contributed by atoms with E-state index in [0.29, 0.717) is 11.5 Å². The maximum absolute atomic E-state index is 13.8. The number of para-hydroxylation sites is 1. The Morgan fingerprint density at radius 2 is 1.84 bits per heavy atom. The van der Waals surface area contributed by atoms with E-state index in [9.17, 15) is 18.8 Å². The molecule has 31 heavy (non-hydrogen) atoms. The first kappa shape index (κ1) is 20.3. The smallest absolute Gasteiger partial charge is 0.263 e. The molecule has 0 saturated carbocycles. The lowest BCUT2D eigenvalue weighted by Crippen LogP contribution is -2.43. The zero-order chi connectivity index (χ0) is 22.1. The van der Waals surface area contributed by atoms with Gasteiger partial charge in [-0.2, -0.15) is 5.11 Å². The van der Waals surface area contributed by atoms with Crippen LogP contribution in [0.4, 0.5) is 15.8 Å². The van der Waals surface area contributed by atoms with E-state index in [1.807, 2.05) is 0 Å². The minimum absolute atomic E-state index is 0.000893. The van der Waals surface area contributed by atoms with Crippen molar-refractivity contribution in [2.24, 2.45) is 10.3 Å². The van der Waals surface area contributed by atoms with Crippen LogP contribution in [0.1, 0.15) is 0 Å². The Morgan fingerprint density at radius 1 is 1.10 bits per heavy atom. The molecule has 0 spiro atoms. The summed E-state index contributed by atoms with van der Waals surface area (Å²) < 4.78 is 24.2. The van der Waals surface area contributed by atoms with Crippen LogP contribution < -0.4 is 19.7 Å². The minimum Gasteiger partial charge on any atom is -0.493 e. The monoisotopic (exact) mass is 427 g/mol. The molecule has 1 fully saturated rings. The van der Waals surface area contributed by atoms with Gasteiger partial charge in [0.05, 0.1) is 25.6 Å². The summed E-state index contributed by atoms with van der Waals surface area (Å²) in [4.78, 5) is 39.2. The van der Waals surface area contributed by atoms with Crippen LogP contribution in [0.2, 0.25) is 0 Å². The molecule has 160 valence electrons. The van der Waals surface area contributed by atoms with Gasteiger partial charge in [0.15, 0.2) is 23.6 Å². The second-order valence-electron chi connectivity index (χ2n) is 6.77. The highest BCUT2D eigenvalue weighted by molar-refractivity contribution is 6.25. The summed E-state index contributed by atoms with van der Waals surface area (Å²) in [6, 6.07) is 8.18. The molecule has 2 atom stereocenters. The second kappa shape index (κ2) is 8.01. The maximum atomic E-state index is 13.8. The molecule has 3 amide bonds. The molecule has 2 aliphatic heterocycles. The average molecular weight is 427 g/mol. The first-order valence-corrected chi connectivity index (χ1v) is 9.26. The molecular weight excluding hydrogens is 409 g/mol. The van der Waals surface area contributed by atoms with Crippen molar-refractivity contribution in [2.45, 2.75) is 12.1 Å². The van der Waals surface area contributed by atoms with Gasteiger partial charge in [0.2, 0.25) is 5.91 Å². The lowest BCUT2D eigenvalue weighted by atomic mass is 10.1. The highest BCUT2D eigenvalue weighted by atomic mass is 19.1. The molecule has 2 aliphatic rings. The summed E-state index contributed by atoms with van der Waals surface area (Å²) in [5, 5.41) is 11.2. The van der Waals surface area contributed by atoms with Crippen molar-refractivity contribution in [1.82, 2.24) is 5.01 Å². The van der Waals surface area contributed by atoms with Gasteiger partial charge >= 0.3 is 0 Å². The number of amides is 3. The number of hydrogen-bond donors (Lipinski definition) is 1. The van der Waals surface area contributed by atoms with Gasteiger partial charge in [0.1, 0.15) is 12.4 Å². The number of nitrogens with one attached hydrogen (secondary N) is 1. The van der Waals surface area contributed by atoms with Gasteiger partial charge in [0, 0.05) is 6.07 Å². The Labute approximate surface area is 176 Å². The molecule has 2 aromatic carbocycles. The van der Waals surface area contributed by atoms with Crippen LogP contribution >= 0.6 is 0 Å². The van der Waals surface area contributed by atoms with Crippen molar-refractivity contribution < 1.29 is 28.2 Å². The number of rotatable bonds is 6. The number of anilines is 2. The zero-order valence-electron chi connectivity index (χ0n) is 16.6. The van der Waals surface area contributed by atoms with Gasteiger partial charge in [-0.05, 0) is 24.3 Å². The topological polar surface area (TPSA) is 113 Å². The van der Waals surface area contributed by atoms with Crippen molar-refractivity contribution >= 4 is 29.1 Å². The number of ether oxygens (including phenoxy) is 2. The van der Waals surface area contributed by atoms with Crippen molar-refractivity contribution in [3.8, 4) is 11.5 Å². The molecule has 0 bridgehead atoms. The van der Waals surface area contributed by atoms with Crippen molar-refractivity contribution in [2.75, 3.05) is 31.0 Å². The third-order valence-corrected chi connectivity index (χ3v) is 4.94. The Balaban J connectivity index is 1.52. The van der Waals surface area contributed by atoms with Crippen molar-refractivity contribution in [1.29, 1.82) is 0 Å². The second-order valence-corrected chi connectivity index (χ2v) is 6.77. The Hall–Kier alpha value is -4.02. The lowest BCUT2D eigenvalue weighted by molar-refractivity contribution is -0.123. The van der Waals surface area contributed by atoms with Crippen molar-refractivity contribution in [3.05, 3.63) is 48.3 Å². The summed E-state index contributed by atoms with van der Waals surface area (Å²) in [6.45, 7) is -0.377. The largest absolute Gasteiger partial charge is 0.493 e. The molecule has 1 saturated heterocycles. The van der Waals surface area contributed by atoms with Crippen LogP contribution in [0.15, 0.2) is 52.8 Å². The van der Waals surface area contributed by atoms with Gasteiger partial charge in [-0.3, -0.25) is 19.4 Å². The number of carbonyl (C=O) groups excluding carboxylic acids is 3. The molecule has 2 heterocycles. The summed E-state index contributed by atoms with van der Waals surface area (Å²) in [6.07, 6.45) is 0. The van der Waals surface area contributed by atoms with E-state index in [-0.39, 0.29) is 17.9 Å². The molecule has 0 aromatic heterocycles. The summed E-state index contributed by atoms with van der Waals surface area (Å²) >= 11 is 0. The zero-order valence-corrected chi connectivity index (χ0v) is 16.6. The molecule has 2 aromatic rings. The molecule has 11 heteroatoms. The molecule has 1 N–H and O–H groups in total. The van der Waals surface area contributed by atoms with E-state index < -0.39 is 35.6 Å². The standard InChI is InChI=1S/C20H18FN5O5/c1-30-14-8-7-11(9-15(14)31-2)26-19(28)17-18(20(26)29)25(24-23-17)10-16(27)22-13-6-4-3-5-12(13)21/h3-9,17-18H,10H2,1-2H3,(H,22,27)/t17-,18-/m0/s1. The molecule has 10 nitrogen and oxygen atoms in total. The van der Waals surface area contributed by atoms with Gasteiger partial charge in [0.25, 0.3) is 11.8 Å². The lowest BCUT2D eigenvalue weighted by Gasteiger charge is -2.20. The van der Waals surface area contributed by atoms with Gasteiger partial charge in [-0.15, -0.1) is 0 Å². The quantitative estimate of drug-likeness (QED) is 0.703. The van der Waals surface area contributed by atoms with Gasteiger partial charge in [-0.25, -0.2) is 9.29 Å². The van der Waals surface area contributed by atoms with E-state index in [0.717, 1.165) is 9.91 Å². The number of halogens is 1. The Bertz CT molecular complexity index is 1090. The SMILES string of the molecule is COc1ccc(N2C(=O)[C@H]3N=NN(CC(=O)Nc4ccccc4F)[C@@H]3C2=O)cc1OC. The first-order valence-electron chi connectivity index (χ1n) is 9.26. The fraction of sp³-hybridized carbons (Fsp3) is 0.250. The van der Waals surface area contributed by atoms with E-state index in [1.165, 1.54) is 38.5 Å². The van der Waals surface area contributed by atoms with E-state index in [4.69, 9.17) is 9.47 Å². The number of fused-ring (bicyclic) bond motifs is 1. The highest BCUT2D eigenvalue weighted by Crippen LogP contribution is 2.36. The fourth-order valence-corrected chi connectivity index (χ4v) is 3.47. The summed E-state index contributed by atoms with van der Waals surface area (Å²) in [5.74, 6) is -1.55. The third-order valence-electron chi connectivity index (χ3n) is 4.94. The Morgan fingerprint density at radius 3 is 2.55 bits per heavy atom. The third kappa shape index (κ3) is 3.54. The van der Waals surface area contributed by atoms with Crippen LogP contribution in [0.25, 0.3) is 0 Å². The summed E-state index contributed by atoms with van der Waals surface area (Å²) in [7, 11) is 2.91. The molecule has 0 unspecified atom stereocenters. The van der Waals surface area contributed by atoms with Gasteiger partial charge < -0.3 is 14.8 Å². The van der Waals surface area contributed by atoms with E-state index in [2.05, 4.69) is 15.7 Å². The number of nitrogens with zero attached hydrogens (tertiary/aromatic N) is 4. The number of hydrogen-bond acceptors (Lipinski definition) is 8. The number of imide groups is 1.